The molecule has 10 heteroatoms. The molecule has 0 aliphatic heterocycles. The van der Waals surface area contributed by atoms with Crippen LogP contribution in [0.4, 0.5) is 5.82 Å². The highest BCUT2D eigenvalue weighted by Gasteiger charge is 2.23. The molecule has 7 nitrogen and oxygen atoms in total. The van der Waals surface area contributed by atoms with Crippen LogP contribution in [0.15, 0.2) is 23.2 Å². The van der Waals surface area contributed by atoms with Crippen molar-refractivity contribution in [2.45, 2.75) is 11.8 Å². The number of carbonyl (C=O) groups is 1. The summed E-state index contributed by atoms with van der Waals surface area (Å²) in [6.07, 6.45) is 1.43. The van der Waals surface area contributed by atoms with E-state index in [4.69, 9.17) is 28.3 Å². The zero-order valence-electron chi connectivity index (χ0n) is 10.5. The van der Waals surface area contributed by atoms with E-state index in [0.29, 0.717) is 5.56 Å². The molecule has 0 bridgehead atoms. The summed E-state index contributed by atoms with van der Waals surface area (Å²) >= 11 is 11.6. The van der Waals surface area contributed by atoms with Gasteiger partial charge in [-0.05, 0) is 19.1 Å². The number of nitrogens with one attached hydrogen (secondary N) is 2. The molecule has 0 fully saturated rings. The van der Waals surface area contributed by atoms with Gasteiger partial charge in [-0.15, -0.1) is 0 Å². The van der Waals surface area contributed by atoms with Gasteiger partial charge in [-0.25, -0.2) is 13.2 Å². The van der Waals surface area contributed by atoms with Crippen LogP contribution in [0.25, 0.3) is 0 Å². The van der Waals surface area contributed by atoms with Gasteiger partial charge in [-0.3, -0.25) is 9.82 Å². The molecule has 3 N–H and O–H groups in total. The van der Waals surface area contributed by atoms with E-state index in [1.54, 1.807) is 6.92 Å². The summed E-state index contributed by atoms with van der Waals surface area (Å²) in [6.45, 7) is 1.65. The van der Waals surface area contributed by atoms with Crippen molar-refractivity contribution in [2.24, 2.45) is 0 Å². The van der Waals surface area contributed by atoms with Gasteiger partial charge in [0.25, 0.3) is 10.0 Å². The largest absolute Gasteiger partial charge is 0.478 e. The minimum absolute atomic E-state index is 0.149. The Bertz CT molecular complexity index is 817. The molecular weight excluding hydrogens is 341 g/mol. The third-order valence-electron chi connectivity index (χ3n) is 2.61. The van der Waals surface area contributed by atoms with Crippen LogP contribution in [0.1, 0.15) is 15.9 Å². The van der Waals surface area contributed by atoms with Crippen molar-refractivity contribution in [2.75, 3.05) is 4.72 Å². The summed E-state index contributed by atoms with van der Waals surface area (Å²) in [5, 5.41) is 14.8. The van der Waals surface area contributed by atoms with E-state index >= 15 is 0 Å². The van der Waals surface area contributed by atoms with Crippen LogP contribution in [-0.2, 0) is 10.0 Å². The van der Waals surface area contributed by atoms with E-state index < -0.39 is 16.0 Å². The standard InChI is InChI=1S/C11H9Cl2N3O4S/c1-5-4-14-15-10(5)16-21(19,20)9-2-6(11(17)18)7(12)3-8(9)13/h2-4H,1H3,(H,17,18)(H2,14,15,16). The van der Waals surface area contributed by atoms with E-state index in [-0.39, 0.29) is 26.3 Å². The summed E-state index contributed by atoms with van der Waals surface area (Å²) in [5.74, 6) is -1.19. The first-order valence-corrected chi connectivity index (χ1v) is 7.71. The van der Waals surface area contributed by atoms with Crippen molar-refractivity contribution >= 4 is 45.0 Å². The molecule has 0 unspecified atom stereocenters. The summed E-state index contributed by atoms with van der Waals surface area (Å²) in [7, 11) is -4.08. The smallest absolute Gasteiger partial charge is 0.337 e. The number of aromatic amines is 1. The van der Waals surface area contributed by atoms with Gasteiger partial charge in [0.1, 0.15) is 10.7 Å². The third kappa shape index (κ3) is 3.12. The first-order chi connectivity index (χ1) is 9.72. The van der Waals surface area contributed by atoms with Crippen molar-refractivity contribution in [3.63, 3.8) is 0 Å². The molecule has 1 aromatic heterocycles. The van der Waals surface area contributed by atoms with Crippen molar-refractivity contribution in [3.05, 3.63) is 39.5 Å². The fraction of sp³-hybridized carbons (Fsp3) is 0.0909. The second-order valence-corrected chi connectivity index (χ2v) is 6.57. The summed E-state index contributed by atoms with van der Waals surface area (Å²) in [5.41, 5.74) is 0.213. The summed E-state index contributed by atoms with van der Waals surface area (Å²) < 4.78 is 26.8. The summed E-state index contributed by atoms with van der Waals surface area (Å²) in [4.78, 5) is 10.6. The van der Waals surface area contributed by atoms with Gasteiger partial charge in [-0.2, -0.15) is 5.10 Å². The van der Waals surface area contributed by atoms with Crippen molar-refractivity contribution in [1.29, 1.82) is 0 Å². The van der Waals surface area contributed by atoms with Crippen molar-refractivity contribution in [3.8, 4) is 0 Å². The Morgan fingerprint density at radius 1 is 1.33 bits per heavy atom. The van der Waals surface area contributed by atoms with Crippen LogP contribution >= 0.6 is 23.2 Å². The Morgan fingerprint density at radius 2 is 2.00 bits per heavy atom. The van der Waals surface area contributed by atoms with Gasteiger partial charge in [0, 0.05) is 5.56 Å². The van der Waals surface area contributed by atoms with E-state index in [0.717, 1.165) is 12.1 Å². The quantitative estimate of drug-likeness (QED) is 0.784. The van der Waals surface area contributed by atoms with Gasteiger partial charge in [-0.1, -0.05) is 23.2 Å². The fourth-order valence-electron chi connectivity index (χ4n) is 1.54. The summed E-state index contributed by atoms with van der Waals surface area (Å²) in [6, 6.07) is 1.97. The zero-order valence-corrected chi connectivity index (χ0v) is 12.8. The number of aromatic nitrogens is 2. The molecule has 0 saturated carbocycles. The number of nitrogens with zero attached hydrogens (tertiary/aromatic N) is 1. The Morgan fingerprint density at radius 3 is 2.52 bits per heavy atom. The molecule has 21 heavy (non-hydrogen) atoms. The van der Waals surface area contributed by atoms with Crippen LogP contribution in [-0.4, -0.2) is 29.7 Å². The Kier molecular flexibility index (Phi) is 4.13. The lowest BCUT2D eigenvalue weighted by atomic mass is 10.2. The molecule has 0 amide bonds. The number of halogens is 2. The Labute approximate surface area is 129 Å². The number of carboxylic acid groups (broad SMARTS) is 1. The number of anilines is 1. The maximum atomic E-state index is 12.3. The highest BCUT2D eigenvalue weighted by molar-refractivity contribution is 7.92. The van der Waals surface area contributed by atoms with Crippen LogP contribution in [0.2, 0.25) is 10.0 Å². The average Bonchev–Trinajstić information content (AvgIpc) is 2.73. The first kappa shape index (κ1) is 15.6. The maximum Gasteiger partial charge on any atom is 0.337 e. The zero-order chi connectivity index (χ0) is 15.8. The normalized spacial score (nSPS) is 11.4. The molecule has 0 atom stereocenters. The first-order valence-electron chi connectivity index (χ1n) is 5.47. The van der Waals surface area contributed by atoms with E-state index in [1.165, 1.54) is 6.20 Å². The van der Waals surface area contributed by atoms with Gasteiger partial charge in [0.15, 0.2) is 0 Å². The molecule has 0 radical (unpaired) electrons. The maximum absolute atomic E-state index is 12.3. The minimum atomic E-state index is -4.08. The van der Waals surface area contributed by atoms with E-state index in [1.807, 2.05) is 0 Å². The molecule has 0 spiro atoms. The predicted molar refractivity (Wildman–Crippen MR) is 77.6 cm³/mol. The fourth-order valence-corrected chi connectivity index (χ4v) is 3.48. The molecule has 0 saturated heterocycles. The molecule has 0 aliphatic rings. The minimum Gasteiger partial charge on any atom is -0.478 e. The highest BCUT2D eigenvalue weighted by atomic mass is 35.5. The van der Waals surface area contributed by atoms with Gasteiger partial charge >= 0.3 is 5.97 Å². The Hall–Kier alpha value is -1.77. The topological polar surface area (TPSA) is 112 Å². The van der Waals surface area contributed by atoms with Gasteiger partial charge in [0.05, 0.1) is 21.8 Å². The second kappa shape index (κ2) is 5.55. The number of hydrogen-bond acceptors (Lipinski definition) is 4. The molecule has 2 rings (SSSR count). The number of rotatable bonds is 4. The van der Waals surface area contributed by atoms with Crippen molar-refractivity contribution in [1.82, 2.24) is 10.2 Å². The molecule has 2 aromatic rings. The average molecular weight is 350 g/mol. The van der Waals surface area contributed by atoms with Crippen LogP contribution < -0.4 is 4.72 Å². The molecular formula is C11H9Cl2N3O4S. The number of sulfonamides is 1. The number of aryl methyl sites for hydroxylation is 1. The van der Waals surface area contributed by atoms with Crippen molar-refractivity contribution < 1.29 is 18.3 Å². The lowest BCUT2D eigenvalue weighted by Gasteiger charge is -2.10. The third-order valence-corrected chi connectivity index (χ3v) is 4.73. The van der Waals surface area contributed by atoms with Crippen LogP contribution in [0, 0.1) is 6.92 Å². The number of hydrogen-bond donors (Lipinski definition) is 3. The highest BCUT2D eigenvalue weighted by Crippen LogP contribution is 2.30. The SMILES string of the molecule is Cc1cn[nH]c1NS(=O)(=O)c1cc(C(=O)O)c(Cl)cc1Cl. The predicted octanol–water partition coefficient (Wildman–Crippen LogP) is 2.52. The molecule has 0 aliphatic carbocycles. The van der Waals surface area contributed by atoms with Crippen LogP contribution in [0.3, 0.4) is 0 Å². The molecule has 1 heterocycles. The monoisotopic (exact) mass is 349 g/mol. The van der Waals surface area contributed by atoms with E-state index in [2.05, 4.69) is 14.9 Å². The molecule has 1 aromatic carbocycles. The number of H-pyrrole nitrogens is 1. The number of benzene rings is 1. The Balaban J connectivity index is 2.52. The van der Waals surface area contributed by atoms with E-state index in [9.17, 15) is 13.2 Å². The second-order valence-electron chi connectivity index (χ2n) is 4.10. The number of aromatic carboxylic acids is 1. The lowest BCUT2D eigenvalue weighted by molar-refractivity contribution is 0.0697. The van der Waals surface area contributed by atoms with Gasteiger partial charge < -0.3 is 5.11 Å². The van der Waals surface area contributed by atoms with Gasteiger partial charge in [0.2, 0.25) is 0 Å². The molecule has 112 valence electrons. The number of carboxylic acids is 1. The lowest BCUT2D eigenvalue weighted by Crippen LogP contribution is -2.15. The van der Waals surface area contributed by atoms with Crippen LogP contribution in [0.5, 0.6) is 0 Å².